The molecule has 0 spiro atoms. The van der Waals surface area contributed by atoms with Crippen molar-refractivity contribution >= 4 is 62.5 Å². The van der Waals surface area contributed by atoms with Crippen LogP contribution in [0.1, 0.15) is 23.9 Å². The lowest BCUT2D eigenvalue weighted by atomic mass is 10.1. The summed E-state index contributed by atoms with van der Waals surface area (Å²) < 4.78 is 16.2. The summed E-state index contributed by atoms with van der Waals surface area (Å²) >= 11 is 8.79. The number of fused-ring (bicyclic) bond motifs is 1. The average molecular weight is 462 g/mol. The normalized spacial score (nSPS) is 17.5. The molecule has 0 saturated carbocycles. The molecule has 1 aromatic heterocycles. The largest absolute Gasteiger partial charge is 0.318 e. The molecule has 1 amide bonds. The van der Waals surface area contributed by atoms with Crippen LogP contribution in [0.25, 0.3) is 11.8 Å². The highest BCUT2D eigenvalue weighted by molar-refractivity contribution is 8.45. The van der Waals surface area contributed by atoms with Crippen molar-refractivity contribution in [2.24, 2.45) is 10.1 Å². The number of amides is 1. The van der Waals surface area contributed by atoms with Crippen molar-refractivity contribution < 1.29 is 9.18 Å². The average Bonchev–Trinajstić information content (AvgIpc) is 3.21. The zero-order valence-electron chi connectivity index (χ0n) is 16.4. The maximum atomic E-state index is 13.6. The van der Waals surface area contributed by atoms with Crippen molar-refractivity contribution in [3.63, 3.8) is 0 Å². The number of carbonyl (C=O) groups is 1. The fraction of sp³-hybridized carbons (Fsp3) is 0.200. The van der Waals surface area contributed by atoms with E-state index in [0.29, 0.717) is 10.9 Å². The number of benzene rings is 1. The van der Waals surface area contributed by atoms with Gasteiger partial charge in [-0.25, -0.2) is 4.39 Å². The fourth-order valence-electron chi connectivity index (χ4n) is 3.27. The van der Waals surface area contributed by atoms with Gasteiger partial charge in [-0.1, -0.05) is 30.3 Å². The molecule has 0 atom stereocenters. The van der Waals surface area contributed by atoms with E-state index in [1.165, 1.54) is 22.8 Å². The van der Waals surface area contributed by atoms with Crippen LogP contribution in [0.5, 0.6) is 0 Å². The number of nitrogens with zero attached hydrogens (tertiary/aromatic N) is 4. The van der Waals surface area contributed by atoms with Crippen LogP contribution in [-0.4, -0.2) is 36.6 Å². The second kappa shape index (κ2) is 8.05. The van der Waals surface area contributed by atoms with Crippen LogP contribution >= 0.6 is 35.1 Å². The fourth-order valence-corrected chi connectivity index (χ4v) is 5.27. The third kappa shape index (κ3) is 3.61. The van der Waals surface area contributed by atoms with Crippen LogP contribution in [0.3, 0.4) is 0 Å². The molecule has 154 valence electrons. The first-order valence-corrected chi connectivity index (χ1v) is 11.3. The van der Waals surface area contributed by atoms with Crippen molar-refractivity contribution in [3.05, 3.63) is 57.6 Å². The van der Waals surface area contributed by atoms with Crippen molar-refractivity contribution in [1.82, 2.24) is 9.58 Å². The molecule has 0 aliphatic carbocycles. The SMILES string of the molecule is CCSC1=NN2C(=N)/C(=C\c3cc(C)n(-c4ccc(F)c(Cl)c4)c3C)C(=O)N=C2S1. The molecular weight excluding hydrogens is 445 g/mol. The number of nitrogens with one attached hydrogen (secondary N) is 1. The van der Waals surface area contributed by atoms with Crippen LogP contribution in [0.4, 0.5) is 4.39 Å². The minimum atomic E-state index is -0.482. The van der Waals surface area contributed by atoms with Gasteiger partial charge in [-0.3, -0.25) is 10.2 Å². The molecule has 4 rings (SSSR count). The molecule has 3 heterocycles. The van der Waals surface area contributed by atoms with E-state index >= 15 is 0 Å². The van der Waals surface area contributed by atoms with Crippen LogP contribution in [0, 0.1) is 25.1 Å². The number of aliphatic imine (C=N–C) groups is 1. The number of hydrogen-bond donors (Lipinski definition) is 1. The summed E-state index contributed by atoms with van der Waals surface area (Å²) in [5.41, 5.74) is 3.37. The molecule has 1 aromatic carbocycles. The summed E-state index contributed by atoms with van der Waals surface area (Å²) in [6.45, 7) is 5.81. The van der Waals surface area contributed by atoms with Gasteiger partial charge in [0.05, 0.1) is 10.6 Å². The van der Waals surface area contributed by atoms with Gasteiger partial charge in [0.15, 0.2) is 10.2 Å². The number of hydrogen-bond acceptors (Lipinski definition) is 5. The van der Waals surface area contributed by atoms with E-state index in [-0.39, 0.29) is 16.4 Å². The molecule has 0 saturated heterocycles. The van der Waals surface area contributed by atoms with Gasteiger partial charge in [0, 0.05) is 17.1 Å². The Bertz CT molecular complexity index is 1180. The van der Waals surface area contributed by atoms with E-state index in [4.69, 9.17) is 17.0 Å². The Hall–Kier alpha value is -2.36. The van der Waals surface area contributed by atoms with Gasteiger partial charge in [0.25, 0.3) is 5.91 Å². The van der Waals surface area contributed by atoms with E-state index in [9.17, 15) is 9.18 Å². The van der Waals surface area contributed by atoms with Gasteiger partial charge in [0.2, 0.25) is 5.17 Å². The van der Waals surface area contributed by atoms with E-state index in [2.05, 4.69) is 10.1 Å². The molecule has 0 radical (unpaired) electrons. The molecule has 10 heteroatoms. The molecule has 0 bridgehead atoms. The van der Waals surface area contributed by atoms with Crippen LogP contribution in [-0.2, 0) is 4.79 Å². The van der Waals surface area contributed by atoms with Crippen molar-refractivity contribution in [2.45, 2.75) is 20.8 Å². The minimum absolute atomic E-state index is 0.00108. The highest BCUT2D eigenvalue weighted by Gasteiger charge is 2.35. The van der Waals surface area contributed by atoms with Gasteiger partial charge in [-0.2, -0.15) is 10.0 Å². The number of halogens is 2. The van der Waals surface area contributed by atoms with Crippen LogP contribution in [0.2, 0.25) is 5.02 Å². The molecule has 2 aliphatic heterocycles. The molecule has 0 fully saturated rings. The zero-order valence-corrected chi connectivity index (χ0v) is 18.8. The zero-order chi connectivity index (χ0) is 21.6. The molecular formula is C20H17ClFN5OS2. The lowest BCUT2D eigenvalue weighted by molar-refractivity contribution is -0.114. The van der Waals surface area contributed by atoms with E-state index in [1.807, 2.05) is 31.4 Å². The number of hydrazone groups is 1. The van der Waals surface area contributed by atoms with E-state index in [0.717, 1.165) is 27.1 Å². The highest BCUT2D eigenvalue weighted by atomic mass is 35.5. The Balaban J connectivity index is 1.73. The summed E-state index contributed by atoms with van der Waals surface area (Å²) in [4.78, 5) is 16.7. The lowest BCUT2D eigenvalue weighted by Crippen LogP contribution is -2.35. The Morgan fingerprint density at radius 2 is 2.10 bits per heavy atom. The van der Waals surface area contributed by atoms with Crippen molar-refractivity contribution in [1.29, 1.82) is 5.41 Å². The monoisotopic (exact) mass is 461 g/mol. The quantitative estimate of drug-likeness (QED) is 0.636. The maximum Gasteiger partial charge on any atom is 0.283 e. The van der Waals surface area contributed by atoms with Gasteiger partial charge in [-0.15, -0.1) is 5.10 Å². The third-order valence-electron chi connectivity index (χ3n) is 4.64. The van der Waals surface area contributed by atoms with Crippen LogP contribution < -0.4 is 0 Å². The predicted octanol–water partition coefficient (Wildman–Crippen LogP) is 5.22. The summed E-state index contributed by atoms with van der Waals surface area (Å²) in [5, 5.41) is 14.7. The van der Waals surface area contributed by atoms with E-state index in [1.54, 1.807) is 30.0 Å². The molecule has 2 aliphatic rings. The van der Waals surface area contributed by atoms with Crippen molar-refractivity contribution in [2.75, 3.05) is 5.75 Å². The van der Waals surface area contributed by atoms with E-state index < -0.39 is 11.7 Å². The Morgan fingerprint density at radius 3 is 2.80 bits per heavy atom. The first-order chi connectivity index (χ1) is 14.3. The molecule has 2 aromatic rings. The Kier molecular flexibility index (Phi) is 5.61. The number of aryl methyl sites for hydroxylation is 1. The molecule has 1 N–H and O–H groups in total. The number of carbonyl (C=O) groups excluding carboxylic acids is 1. The Morgan fingerprint density at radius 1 is 1.33 bits per heavy atom. The van der Waals surface area contributed by atoms with Gasteiger partial charge in [0.1, 0.15) is 5.82 Å². The third-order valence-corrected chi connectivity index (χ3v) is 6.85. The van der Waals surface area contributed by atoms with Gasteiger partial charge in [-0.05, 0) is 67.3 Å². The highest BCUT2D eigenvalue weighted by Crippen LogP contribution is 2.33. The number of amidine groups is 2. The molecule has 30 heavy (non-hydrogen) atoms. The summed E-state index contributed by atoms with van der Waals surface area (Å²) in [6.07, 6.45) is 1.65. The second-order valence-electron chi connectivity index (χ2n) is 6.58. The first kappa shape index (κ1) is 20.9. The lowest BCUT2D eigenvalue weighted by Gasteiger charge is -2.20. The Labute approximate surface area is 186 Å². The summed E-state index contributed by atoms with van der Waals surface area (Å²) in [6, 6.07) is 6.42. The second-order valence-corrected chi connectivity index (χ2v) is 9.45. The predicted molar refractivity (Wildman–Crippen MR) is 123 cm³/mol. The smallest absolute Gasteiger partial charge is 0.283 e. The molecule has 6 nitrogen and oxygen atoms in total. The first-order valence-electron chi connectivity index (χ1n) is 9.07. The van der Waals surface area contributed by atoms with Gasteiger partial charge >= 0.3 is 0 Å². The molecule has 0 unspecified atom stereocenters. The van der Waals surface area contributed by atoms with Crippen molar-refractivity contribution in [3.8, 4) is 5.69 Å². The summed E-state index contributed by atoms with van der Waals surface area (Å²) in [7, 11) is 0. The van der Waals surface area contributed by atoms with Crippen LogP contribution in [0.15, 0.2) is 39.9 Å². The summed E-state index contributed by atoms with van der Waals surface area (Å²) in [5.74, 6) is -0.106. The number of rotatable bonds is 3. The number of thioether (sulfide) groups is 2. The van der Waals surface area contributed by atoms with Gasteiger partial charge < -0.3 is 4.57 Å². The maximum absolute atomic E-state index is 13.6. The number of aromatic nitrogens is 1. The standard InChI is InChI=1S/C20H17ClFN5OS2/c1-4-29-20-25-27-17(23)14(18(28)24-19(27)30-20)8-12-7-10(2)26(11(12)3)13-5-6-16(22)15(21)9-13/h5-9,23H,4H2,1-3H3/b14-8+,23-17?. The topological polar surface area (TPSA) is 73.8 Å². The minimum Gasteiger partial charge on any atom is -0.318 e.